The van der Waals surface area contributed by atoms with Crippen molar-refractivity contribution in [2.24, 2.45) is 11.8 Å². The van der Waals surface area contributed by atoms with Crippen LogP contribution in [0.4, 0.5) is 0 Å². The Kier molecular flexibility index (Phi) is 6.49. The van der Waals surface area contributed by atoms with Crippen molar-refractivity contribution in [2.75, 3.05) is 46.4 Å². The van der Waals surface area contributed by atoms with E-state index in [1.807, 2.05) is 30.3 Å². The number of rotatable bonds is 7. The normalized spacial score (nSPS) is 19.8. The number of carbonyl (C=O) groups excluding carboxylic acids is 1. The van der Waals surface area contributed by atoms with Gasteiger partial charge in [-0.05, 0) is 37.2 Å². The maximum atomic E-state index is 13.1. The maximum Gasteiger partial charge on any atom is 0.255 e. The van der Waals surface area contributed by atoms with Crippen LogP contribution in [0.2, 0.25) is 5.02 Å². The number of halogens is 1. The van der Waals surface area contributed by atoms with E-state index in [4.69, 9.17) is 16.7 Å². The van der Waals surface area contributed by atoms with Crippen molar-refractivity contribution in [3.8, 4) is 5.69 Å². The molecule has 8 heteroatoms. The lowest BCUT2D eigenvalue weighted by molar-refractivity contribution is 0.0779. The van der Waals surface area contributed by atoms with Crippen LogP contribution >= 0.6 is 11.6 Å². The number of nitrogens with zero attached hydrogens (tertiary/aromatic N) is 4. The molecule has 0 radical (unpaired) electrons. The third-order valence-corrected chi connectivity index (χ3v) is 5.40. The van der Waals surface area contributed by atoms with Crippen LogP contribution in [0.5, 0.6) is 0 Å². The molecular formula is C19H25ClN4O3. The summed E-state index contributed by atoms with van der Waals surface area (Å²) in [5, 5.41) is 23.4. The average molecular weight is 393 g/mol. The van der Waals surface area contributed by atoms with E-state index in [1.165, 1.54) is 0 Å². The van der Waals surface area contributed by atoms with Crippen LogP contribution in [0.15, 0.2) is 36.7 Å². The molecule has 1 aliphatic heterocycles. The zero-order chi connectivity index (χ0) is 19.4. The molecule has 7 nitrogen and oxygen atoms in total. The summed E-state index contributed by atoms with van der Waals surface area (Å²) >= 11 is 6.30. The van der Waals surface area contributed by atoms with E-state index in [9.17, 15) is 9.90 Å². The predicted molar refractivity (Wildman–Crippen MR) is 103 cm³/mol. The SMILES string of the molecule is CN(CCO)C[C@@H]1CN(C(=O)c2cc(-n3cccn3)ccc2Cl)C[C@@H]1CO. The standard InChI is InChI=1S/C19H25ClN4O3/c1-22(7-8-25)10-14-11-23(12-15(14)13-26)19(27)17-9-16(3-4-18(17)20)24-6-2-5-21-24/h2-6,9,14-15,25-26H,7-8,10-13H2,1H3/t14-,15-/m1/s1. The van der Waals surface area contributed by atoms with Gasteiger partial charge in [0, 0.05) is 51.1 Å². The summed E-state index contributed by atoms with van der Waals surface area (Å²) in [6.45, 7) is 2.46. The number of likely N-dealkylation sites (tertiary alicyclic amines) is 1. The number of aromatic nitrogens is 2. The van der Waals surface area contributed by atoms with Crippen molar-refractivity contribution in [3.05, 3.63) is 47.2 Å². The molecule has 2 aromatic rings. The summed E-state index contributed by atoms with van der Waals surface area (Å²) in [4.78, 5) is 16.9. The van der Waals surface area contributed by atoms with E-state index >= 15 is 0 Å². The summed E-state index contributed by atoms with van der Waals surface area (Å²) in [6.07, 6.45) is 3.48. The number of likely N-dealkylation sites (N-methyl/N-ethyl adjacent to an activating group) is 1. The molecule has 0 unspecified atom stereocenters. The Bertz CT molecular complexity index is 768. The lowest BCUT2D eigenvalue weighted by Gasteiger charge is -2.23. The highest BCUT2D eigenvalue weighted by Gasteiger charge is 2.36. The van der Waals surface area contributed by atoms with Gasteiger partial charge in [-0.15, -0.1) is 0 Å². The number of benzene rings is 1. The van der Waals surface area contributed by atoms with E-state index in [-0.39, 0.29) is 31.0 Å². The lowest BCUT2D eigenvalue weighted by atomic mass is 9.96. The Labute approximate surface area is 163 Å². The Morgan fingerprint density at radius 2 is 2.11 bits per heavy atom. The minimum atomic E-state index is -0.139. The van der Waals surface area contributed by atoms with Gasteiger partial charge in [0.1, 0.15) is 0 Å². The van der Waals surface area contributed by atoms with Crippen LogP contribution in [-0.4, -0.2) is 82.1 Å². The minimum Gasteiger partial charge on any atom is -0.396 e. The van der Waals surface area contributed by atoms with Gasteiger partial charge in [0.15, 0.2) is 0 Å². The van der Waals surface area contributed by atoms with Gasteiger partial charge in [0.2, 0.25) is 0 Å². The van der Waals surface area contributed by atoms with E-state index < -0.39 is 0 Å². The molecule has 0 bridgehead atoms. The van der Waals surface area contributed by atoms with Crippen molar-refractivity contribution in [1.29, 1.82) is 0 Å². The first-order chi connectivity index (χ1) is 13.0. The van der Waals surface area contributed by atoms with Crippen LogP contribution in [0.25, 0.3) is 5.69 Å². The predicted octanol–water partition coefficient (Wildman–Crippen LogP) is 1.13. The largest absolute Gasteiger partial charge is 0.396 e. The third-order valence-electron chi connectivity index (χ3n) is 5.08. The maximum absolute atomic E-state index is 13.1. The van der Waals surface area contributed by atoms with Crippen molar-refractivity contribution < 1.29 is 15.0 Å². The number of hydrogen-bond donors (Lipinski definition) is 2. The first-order valence-electron chi connectivity index (χ1n) is 9.02. The van der Waals surface area contributed by atoms with Gasteiger partial charge in [-0.1, -0.05) is 11.6 Å². The van der Waals surface area contributed by atoms with Gasteiger partial charge in [-0.3, -0.25) is 4.79 Å². The summed E-state index contributed by atoms with van der Waals surface area (Å²) in [5.41, 5.74) is 1.20. The fourth-order valence-corrected chi connectivity index (χ4v) is 3.79. The topological polar surface area (TPSA) is 81.8 Å². The Balaban J connectivity index is 1.77. The molecular weight excluding hydrogens is 368 g/mol. The zero-order valence-electron chi connectivity index (χ0n) is 15.3. The molecule has 1 saturated heterocycles. The quantitative estimate of drug-likeness (QED) is 0.738. The molecule has 0 spiro atoms. The first kappa shape index (κ1) is 19.8. The van der Waals surface area contributed by atoms with E-state index in [2.05, 4.69) is 5.10 Å². The van der Waals surface area contributed by atoms with Gasteiger partial charge in [-0.2, -0.15) is 5.10 Å². The molecule has 27 heavy (non-hydrogen) atoms. The number of carbonyl (C=O) groups is 1. The highest BCUT2D eigenvalue weighted by atomic mass is 35.5. The molecule has 1 amide bonds. The zero-order valence-corrected chi connectivity index (χ0v) is 16.1. The van der Waals surface area contributed by atoms with Gasteiger partial charge in [0.25, 0.3) is 5.91 Å². The van der Waals surface area contributed by atoms with Crippen LogP contribution in [-0.2, 0) is 0 Å². The number of amides is 1. The molecule has 1 aromatic heterocycles. The summed E-state index contributed by atoms with van der Waals surface area (Å²) in [7, 11) is 1.93. The van der Waals surface area contributed by atoms with Crippen LogP contribution < -0.4 is 0 Å². The molecule has 0 aliphatic carbocycles. The van der Waals surface area contributed by atoms with Gasteiger partial charge < -0.3 is 20.0 Å². The van der Waals surface area contributed by atoms with Crippen molar-refractivity contribution >= 4 is 17.5 Å². The molecule has 1 fully saturated rings. The summed E-state index contributed by atoms with van der Waals surface area (Å²) in [6, 6.07) is 7.09. The van der Waals surface area contributed by atoms with Crippen LogP contribution in [0.3, 0.4) is 0 Å². The second-order valence-electron chi connectivity index (χ2n) is 7.01. The van der Waals surface area contributed by atoms with E-state index in [0.29, 0.717) is 30.2 Å². The third kappa shape index (κ3) is 4.50. The lowest BCUT2D eigenvalue weighted by Crippen LogP contribution is -2.33. The van der Waals surface area contributed by atoms with Crippen LogP contribution in [0.1, 0.15) is 10.4 Å². The van der Waals surface area contributed by atoms with Crippen molar-refractivity contribution in [1.82, 2.24) is 19.6 Å². The number of hydrogen-bond acceptors (Lipinski definition) is 5. The molecule has 2 atom stereocenters. The van der Waals surface area contributed by atoms with Gasteiger partial charge in [0.05, 0.1) is 22.9 Å². The minimum absolute atomic E-state index is 0.0168. The van der Waals surface area contributed by atoms with E-state index in [1.54, 1.807) is 27.9 Å². The van der Waals surface area contributed by atoms with Gasteiger partial charge >= 0.3 is 0 Å². The second kappa shape index (κ2) is 8.84. The van der Waals surface area contributed by atoms with Crippen LogP contribution in [0, 0.1) is 11.8 Å². The molecule has 0 saturated carbocycles. The van der Waals surface area contributed by atoms with Crippen molar-refractivity contribution in [3.63, 3.8) is 0 Å². The highest BCUT2D eigenvalue weighted by molar-refractivity contribution is 6.33. The Morgan fingerprint density at radius 3 is 2.78 bits per heavy atom. The first-order valence-corrected chi connectivity index (χ1v) is 9.40. The number of aliphatic hydroxyl groups excluding tert-OH is 2. The molecule has 1 aromatic carbocycles. The molecule has 2 heterocycles. The number of aliphatic hydroxyl groups is 2. The van der Waals surface area contributed by atoms with Gasteiger partial charge in [-0.25, -0.2) is 4.68 Å². The highest BCUT2D eigenvalue weighted by Crippen LogP contribution is 2.28. The fraction of sp³-hybridized carbons (Fsp3) is 0.474. The smallest absolute Gasteiger partial charge is 0.255 e. The molecule has 3 rings (SSSR count). The summed E-state index contributed by atoms with van der Waals surface area (Å²) < 4.78 is 1.68. The van der Waals surface area contributed by atoms with Crippen molar-refractivity contribution in [2.45, 2.75) is 0 Å². The average Bonchev–Trinajstić information content (AvgIpc) is 3.31. The Hall–Kier alpha value is -1.93. The molecule has 1 aliphatic rings. The molecule has 146 valence electrons. The Morgan fingerprint density at radius 1 is 1.33 bits per heavy atom. The monoisotopic (exact) mass is 392 g/mol. The summed E-state index contributed by atoms with van der Waals surface area (Å²) in [5.74, 6) is 0.0338. The second-order valence-corrected chi connectivity index (χ2v) is 7.42. The fourth-order valence-electron chi connectivity index (χ4n) is 3.59. The molecule has 2 N–H and O–H groups in total. The van der Waals surface area contributed by atoms with E-state index in [0.717, 1.165) is 12.2 Å².